The summed E-state index contributed by atoms with van der Waals surface area (Å²) in [5.74, 6) is -0.593. The first-order valence-electron chi connectivity index (χ1n) is 7.81. The van der Waals surface area contributed by atoms with E-state index in [1.54, 1.807) is 29.6 Å². The van der Waals surface area contributed by atoms with Crippen LogP contribution in [0.15, 0.2) is 29.8 Å². The number of carboxylic acids is 1. The third kappa shape index (κ3) is 5.03. The van der Waals surface area contributed by atoms with E-state index in [-0.39, 0.29) is 17.9 Å². The summed E-state index contributed by atoms with van der Waals surface area (Å²) in [4.78, 5) is 29.9. The number of nitrogens with zero attached hydrogens (tertiary/aromatic N) is 2. The van der Waals surface area contributed by atoms with Crippen molar-refractivity contribution in [2.24, 2.45) is 0 Å². The number of aliphatic carboxylic acids is 1. The van der Waals surface area contributed by atoms with Gasteiger partial charge in [0, 0.05) is 19.0 Å². The Balaban J connectivity index is 2.04. The van der Waals surface area contributed by atoms with Gasteiger partial charge in [0.1, 0.15) is 10.6 Å². The van der Waals surface area contributed by atoms with Crippen LogP contribution >= 0.6 is 11.3 Å². The van der Waals surface area contributed by atoms with Crippen molar-refractivity contribution in [2.75, 3.05) is 13.7 Å². The van der Waals surface area contributed by atoms with Gasteiger partial charge in [0.25, 0.3) is 5.91 Å². The van der Waals surface area contributed by atoms with Gasteiger partial charge in [-0.1, -0.05) is 32.9 Å². The lowest BCUT2D eigenvalue weighted by molar-refractivity contribution is -0.139. The molecular formula is C18H22N2O4S. The van der Waals surface area contributed by atoms with E-state index in [0.717, 1.165) is 11.3 Å². The average molecular weight is 362 g/mol. The van der Waals surface area contributed by atoms with Crippen molar-refractivity contribution in [1.29, 1.82) is 0 Å². The molecule has 0 aliphatic heterocycles. The van der Waals surface area contributed by atoms with E-state index in [9.17, 15) is 9.59 Å². The minimum Gasteiger partial charge on any atom is -0.482 e. The van der Waals surface area contributed by atoms with E-state index in [4.69, 9.17) is 9.84 Å². The molecule has 0 unspecified atom stereocenters. The van der Waals surface area contributed by atoms with Crippen LogP contribution in [0.1, 0.15) is 41.7 Å². The number of benzene rings is 1. The van der Waals surface area contributed by atoms with Crippen LogP contribution in [0, 0.1) is 0 Å². The molecule has 1 aromatic heterocycles. The molecule has 0 aliphatic rings. The molecule has 6 nitrogen and oxygen atoms in total. The number of aromatic nitrogens is 1. The predicted octanol–water partition coefficient (Wildman–Crippen LogP) is 3.18. The van der Waals surface area contributed by atoms with Crippen molar-refractivity contribution in [3.05, 3.63) is 45.9 Å². The zero-order valence-electron chi connectivity index (χ0n) is 14.8. The van der Waals surface area contributed by atoms with E-state index >= 15 is 0 Å². The minimum atomic E-state index is -1.02. The molecule has 2 aromatic rings. The van der Waals surface area contributed by atoms with Gasteiger partial charge >= 0.3 is 5.97 Å². The standard InChI is InChI=1S/C18H22N2O4S/c1-18(2,3)16-15(25-11-19-16)17(23)20(4)9-12-5-7-13(8-6-12)24-10-14(21)22/h5-8,11H,9-10H2,1-4H3,(H,21,22). The summed E-state index contributed by atoms with van der Waals surface area (Å²) in [5, 5.41) is 8.61. The molecule has 2 rings (SSSR count). The van der Waals surface area contributed by atoms with Crippen LogP contribution < -0.4 is 4.74 Å². The maximum absolute atomic E-state index is 12.7. The molecule has 0 saturated carbocycles. The Morgan fingerprint density at radius 3 is 2.44 bits per heavy atom. The topological polar surface area (TPSA) is 79.7 Å². The summed E-state index contributed by atoms with van der Waals surface area (Å²) < 4.78 is 5.10. The molecule has 1 heterocycles. The minimum absolute atomic E-state index is 0.0568. The predicted molar refractivity (Wildman–Crippen MR) is 96.2 cm³/mol. The second-order valence-corrected chi connectivity index (χ2v) is 7.62. The highest BCUT2D eigenvalue weighted by Crippen LogP contribution is 2.28. The first-order valence-corrected chi connectivity index (χ1v) is 8.69. The summed E-state index contributed by atoms with van der Waals surface area (Å²) >= 11 is 1.36. The highest BCUT2D eigenvalue weighted by atomic mass is 32.1. The molecule has 0 fully saturated rings. The number of hydrogen-bond donors (Lipinski definition) is 1. The molecule has 0 aliphatic carbocycles. The van der Waals surface area contributed by atoms with Crippen LogP contribution in [0.3, 0.4) is 0 Å². The van der Waals surface area contributed by atoms with Gasteiger partial charge in [0.2, 0.25) is 0 Å². The molecule has 25 heavy (non-hydrogen) atoms. The number of ether oxygens (including phenoxy) is 1. The Morgan fingerprint density at radius 2 is 1.88 bits per heavy atom. The summed E-state index contributed by atoms with van der Waals surface area (Å²) in [6, 6.07) is 7.03. The first-order chi connectivity index (χ1) is 11.7. The van der Waals surface area contributed by atoms with Crippen LogP contribution in [0.2, 0.25) is 0 Å². The van der Waals surface area contributed by atoms with Gasteiger partial charge in [-0.3, -0.25) is 4.79 Å². The van der Waals surface area contributed by atoms with Gasteiger partial charge < -0.3 is 14.7 Å². The van der Waals surface area contributed by atoms with E-state index in [1.165, 1.54) is 11.3 Å². The lowest BCUT2D eigenvalue weighted by atomic mass is 9.91. The fourth-order valence-electron chi connectivity index (χ4n) is 2.29. The Hall–Kier alpha value is -2.41. The maximum Gasteiger partial charge on any atom is 0.341 e. The fraction of sp³-hybridized carbons (Fsp3) is 0.389. The third-order valence-electron chi connectivity index (χ3n) is 3.52. The molecule has 1 amide bonds. The summed E-state index contributed by atoms with van der Waals surface area (Å²) in [7, 11) is 1.75. The summed E-state index contributed by atoms with van der Waals surface area (Å²) in [6.07, 6.45) is 0. The van der Waals surface area contributed by atoms with E-state index < -0.39 is 5.97 Å². The number of thiazole rings is 1. The molecule has 7 heteroatoms. The molecule has 134 valence electrons. The summed E-state index contributed by atoms with van der Waals surface area (Å²) in [5.41, 5.74) is 3.26. The highest BCUT2D eigenvalue weighted by Gasteiger charge is 2.26. The quantitative estimate of drug-likeness (QED) is 0.854. The smallest absolute Gasteiger partial charge is 0.341 e. The second kappa shape index (κ2) is 7.65. The Labute approximate surface area is 151 Å². The first kappa shape index (κ1) is 18.9. The highest BCUT2D eigenvalue weighted by molar-refractivity contribution is 7.11. The number of carbonyl (C=O) groups excluding carboxylic acids is 1. The monoisotopic (exact) mass is 362 g/mol. The molecule has 0 atom stereocenters. The number of carbonyl (C=O) groups is 2. The van der Waals surface area contributed by atoms with Crippen molar-refractivity contribution in [1.82, 2.24) is 9.88 Å². The van der Waals surface area contributed by atoms with Crippen LogP contribution in [0.25, 0.3) is 0 Å². The fourth-order valence-corrected chi connectivity index (χ4v) is 3.28. The molecule has 0 bridgehead atoms. The second-order valence-electron chi connectivity index (χ2n) is 6.77. The molecule has 0 spiro atoms. The van der Waals surface area contributed by atoms with Gasteiger partial charge in [-0.05, 0) is 17.7 Å². The Bertz CT molecular complexity index is 747. The van der Waals surface area contributed by atoms with Gasteiger partial charge in [0.05, 0.1) is 11.2 Å². The lowest BCUT2D eigenvalue weighted by Gasteiger charge is -2.21. The van der Waals surface area contributed by atoms with E-state index in [2.05, 4.69) is 4.98 Å². The zero-order valence-corrected chi connectivity index (χ0v) is 15.6. The van der Waals surface area contributed by atoms with Gasteiger partial charge in [-0.15, -0.1) is 11.3 Å². The van der Waals surface area contributed by atoms with E-state index in [0.29, 0.717) is 17.2 Å². The van der Waals surface area contributed by atoms with Gasteiger partial charge in [-0.25, -0.2) is 9.78 Å². The van der Waals surface area contributed by atoms with Crippen molar-refractivity contribution in [3.63, 3.8) is 0 Å². The maximum atomic E-state index is 12.7. The summed E-state index contributed by atoms with van der Waals surface area (Å²) in [6.45, 7) is 6.18. The number of amides is 1. The largest absolute Gasteiger partial charge is 0.482 e. The SMILES string of the molecule is CN(Cc1ccc(OCC(=O)O)cc1)C(=O)c1scnc1C(C)(C)C. The van der Waals surface area contributed by atoms with Crippen molar-refractivity contribution in [2.45, 2.75) is 32.7 Å². The number of rotatable bonds is 6. The van der Waals surface area contributed by atoms with Crippen LogP contribution in [-0.4, -0.2) is 40.5 Å². The molecule has 0 saturated heterocycles. The van der Waals surface area contributed by atoms with Crippen LogP contribution in [-0.2, 0) is 16.8 Å². The number of hydrogen-bond acceptors (Lipinski definition) is 5. The normalized spacial score (nSPS) is 11.2. The van der Waals surface area contributed by atoms with Crippen molar-refractivity contribution < 1.29 is 19.4 Å². The zero-order chi connectivity index (χ0) is 18.6. The van der Waals surface area contributed by atoms with Crippen LogP contribution in [0.5, 0.6) is 5.75 Å². The lowest BCUT2D eigenvalue weighted by Crippen LogP contribution is -2.28. The molecule has 1 aromatic carbocycles. The van der Waals surface area contributed by atoms with Gasteiger partial charge in [-0.2, -0.15) is 0 Å². The van der Waals surface area contributed by atoms with Crippen molar-refractivity contribution >= 4 is 23.2 Å². The molecule has 0 radical (unpaired) electrons. The Kier molecular flexibility index (Phi) is 5.79. The third-order valence-corrected chi connectivity index (χ3v) is 4.34. The van der Waals surface area contributed by atoms with E-state index in [1.807, 2.05) is 32.9 Å². The van der Waals surface area contributed by atoms with Gasteiger partial charge in [0.15, 0.2) is 6.61 Å². The van der Waals surface area contributed by atoms with Crippen LogP contribution in [0.4, 0.5) is 0 Å². The molecular weight excluding hydrogens is 340 g/mol. The number of carboxylic acid groups (broad SMARTS) is 1. The molecule has 1 N–H and O–H groups in total. The van der Waals surface area contributed by atoms with Crippen molar-refractivity contribution in [3.8, 4) is 5.75 Å². The Morgan fingerprint density at radius 1 is 1.24 bits per heavy atom. The average Bonchev–Trinajstić information content (AvgIpc) is 3.03.